The number of aromatic nitrogens is 2. The van der Waals surface area contributed by atoms with Crippen LogP contribution in [0.3, 0.4) is 0 Å². The van der Waals surface area contributed by atoms with Crippen molar-refractivity contribution >= 4 is 15.6 Å². The second-order valence-electron chi connectivity index (χ2n) is 4.30. The molecule has 7 heteroatoms. The number of hydrogen-bond acceptors (Lipinski definition) is 5. The molecule has 0 spiro atoms. The fourth-order valence-electron chi connectivity index (χ4n) is 1.91. The molecular formula is C10H15N3O3S. The van der Waals surface area contributed by atoms with Gasteiger partial charge in [0, 0.05) is 32.3 Å². The molecule has 1 aliphatic heterocycles. The quantitative estimate of drug-likeness (QED) is 0.730. The van der Waals surface area contributed by atoms with Crippen LogP contribution in [0.5, 0.6) is 0 Å². The van der Waals surface area contributed by atoms with E-state index in [1.165, 1.54) is 6.20 Å². The molecule has 1 unspecified atom stereocenters. The molecule has 2 heterocycles. The smallest absolute Gasteiger partial charge is 0.167 e. The number of sulfone groups is 1. The van der Waals surface area contributed by atoms with E-state index in [4.69, 9.17) is 0 Å². The molecule has 0 aliphatic carbocycles. The molecule has 1 saturated heterocycles. The molecule has 1 fully saturated rings. The lowest BCUT2D eigenvalue weighted by atomic mass is 10.1. The van der Waals surface area contributed by atoms with Gasteiger partial charge in [-0.1, -0.05) is 0 Å². The SMILES string of the molecule is Cn1cc(C(=O)CC2CS(=O)(=O)CCN2)cn1. The van der Waals surface area contributed by atoms with Crippen molar-refractivity contribution in [2.24, 2.45) is 7.05 Å². The number of nitrogens with zero attached hydrogens (tertiary/aromatic N) is 2. The molecule has 17 heavy (non-hydrogen) atoms. The molecule has 1 aromatic rings. The van der Waals surface area contributed by atoms with Gasteiger partial charge in [0.15, 0.2) is 15.6 Å². The molecule has 1 N–H and O–H groups in total. The summed E-state index contributed by atoms with van der Waals surface area (Å²) in [6.07, 6.45) is 3.34. The number of aryl methyl sites for hydroxylation is 1. The molecule has 1 atom stereocenters. The van der Waals surface area contributed by atoms with Crippen LogP contribution in [0.15, 0.2) is 12.4 Å². The zero-order valence-electron chi connectivity index (χ0n) is 9.59. The highest BCUT2D eigenvalue weighted by Crippen LogP contribution is 2.09. The molecule has 0 bridgehead atoms. The summed E-state index contributed by atoms with van der Waals surface area (Å²) in [6, 6.07) is -0.276. The number of carbonyl (C=O) groups excluding carboxylic acids is 1. The average Bonchev–Trinajstić information content (AvgIpc) is 2.63. The van der Waals surface area contributed by atoms with Gasteiger partial charge in [-0.15, -0.1) is 0 Å². The summed E-state index contributed by atoms with van der Waals surface area (Å²) >= 11 is 0. The summed E-state index contributed by atoms with van der Waals surface area (Å²) in [6.45, 7) is 0.424. The molecule has 0 saturated carbocycles. The molecule has 0 amide bonds. The normalized spacial score (nSPS) is 23.5. The third-order valence-corrected chi connectivity index (χ3v) is 4.50. The van der Waals surface area contributed by atoms with E-state index in [9.17, 15) is 13.2 Å². The summed E-state index contributed by atoms with van der Waals surface area (Å²) in [5, 5.41) is 6.97. The van der Waals surface area contributed by atoms with Crippen molar-refractivity contribution in [1.29, 1.82) is 0 Å². The molecule has 6 nitrogen and oxygen atoms in total. The van der Waals surface area contributed by atoms with E-state index in [0.29, 0.717) is 12.1 Å². The Balaban J connectivity index is 1.99. The van der Waals surface area contributed by atoms with Gasteiger partial charge in [-0.25, -0.2) is 8.42 Å². The maximum atomic E-state index is 11.8. The lowest BCUT2D eigenvalue weighted by molar-refractivity contribution is 0.0971. The first-order valence-corrected chi connectivity index (χ1v) is 7.24. The predicted octanol–water partition coefficient (Wildman–Crippen LogP) is -0.620. The van der Waals surface area contributed by atoms with Crippen molar-refractivity contribution in [3.63, 3.8) is 0 Å². The Morgan fingerprint density at radius 1 is 1.65 bits per heavy atom. The summed E-state index contributed by atoms with van der Waals surface area (Å²) in [5.41, 5.74) is 0.525. The van der Waals surface area contributed by atoms with E-state index in [-0.39, 0.29) is 29.8 Å². The minimum absolute atomic E-state index is 0.0407. The largest absolute Gasteiger partial charge is 0.312 e. The molecule has 0 radical (unpaired) electrons. The number of hydrogen-bond donors (Lipinski definition) is 1. The van der Waals surface area contributed by atoms with Gasteiger partial charge in [0.1, 0.15) is 0 Å². The van der Waals surface area contributed by atoms with Crippen LogP contribution >= 0.6 is 0 Å². The van der Waals surface area contributed by atoms with Gasteiger partial charge in [-0.3, -0.25) is 9.48 Å². The average molecular weight is 257 g/mol. The van der Waals surface area contributed by atoms with Crippen LogP contribution in [0.2, 0.25) is 0 Å². The summed E-state index contributed by atoms with van der Waals surface area (Å²) in [7, 11) is -1.25. The highest BCUT2D eigenvalue weighted by atomic mass is 32.2. The zero-order valence-corrected chi connectivity index (χ0v) is 10.4. The van der Waals surface area contributed by atoms with Crippen LogP contribution in [0.1, 0.15) is 16.8 Å². The monoisotopic (exact) mass is 257 g/mol. The maximum Gasteiger partial charge on any atom is 0.167 e. The van der Waals surface area contributed by atoms with Gasteiger partial charge < -0.3 is 5.32 Å². The van der Waals surface area contributed by atoms with Gasteiger partial charge in [-0.05, 0) is 0 Å². The Kier molecular flexibility index (Phi) is 3.30. The van der Waals surface area contributed by atoms with Gasteiger partial charge in [0.25, 0.3) is 0 Å². The van der Waals surface area contributed by atoms with Gasteiger partial charge in [0.2, 0.25) is 0 Å². The van der Waals surface area contributed by atoms with Crippen LogP contribution in [0.25, 0.3) is 0 Å². The number of ketones is 1. The molecular weight excluding hydrogens is 242 g/mol. The Morgan fingerprint density at radius 2 is 2.41 bits per heavy atom. The standard InChI is InChI=1S/C10H15N3O3S/c1-13-6-8(5-12-13)10(14)4-9-7-17(15,16)3-2-11-9/h5-6,9,11H,2-4,7H2,1H3. The number of Topliss-reactive ketones (excluding diaryl/α,β-unsaturated/α-hetero) is 1. The Hall–Kier alpha value is -1.21. The molecule has 1 aliphatic rings. The summed E-state index contributed by atoms with van der Waals surface area (Å²) < 4.78 is 24.4. The Labute approximate surface area is 99.9 Å². The number of carbonyl (C=O) groups is 1. The predicted molar refractivity (Wildman–Crippen MR) is 62.6 cm³/mol. The fourth-order valence-corrected chi connectivity index (χ4v) is 3.35. The van der Waals surface area contributed by atoms with Crippen molar-refractivity contribution < 1.29 is 13.2 Å². The van der Waals surface area contributed by atoms with Crippen LogP contribution in [-0.2, 0) is 16.9 Å². The second-order valence-corrected chi connectivity index (χ2v) is 6.52. The van der Waals surface area contributed by atoms with Crippen LogP contribution < -0.4 is 5.32 Å². The molecule has 2 rings (SSSR count). The highest BCUT2D eigenvalue weighted by molar-refractivity contribution is 7.91. The van der Waals surface area contributed by atoms with Crippen LogP contribution in [0.4, 0.5) is 0 Å². The highest BCUT2D eigenvalue weighted by Gasteiger charge is 2.26. The van der Waals surface area contributed by atoms with Gasteiger partial charge in [-0.2, -0.15) is 5.10 Å². The zero-order chi connectivity index (χ0) is 12.5. The maximum absolute atomic E-state index is 11.8. The number of nitrogens with one attached hydrogen (secondary N) is 1. The topological polar surface area (TPSA) is 81.1 Å². The minimum atomic E-state index is -2.99. The molecule has 0 aromatic carbocycles. The Bertz CT molecular complexity index is 521. The molecule has 1 aromatic heterocycles. The minimum Gasteiger partial charge on any atom is -0.312 e. The van der Waals surface area contributed by atoms with E-state index >= 15 is 0 Å². The summed E-state index contributed by atoms with van der Waals surface area (Å²) in [4.78, 5) is 11.8. The lowest BCUT2D eigenvalue weighted by Crippen LogP contribution is -2.45. The van der Waals surface area contributed by atoms with Crippen molar-refractivity contribution in [3.05, 3.63) is 18.0 Å². The first-order valence-electron chi connectivity index (χ1n) is 5.42. The number of rotatable bonds is 3. The van der Waals surface area contributed by atoms with E-state index in [0.717, 1.165) is 0 Å². The first-order chi connectivity index (χ1) is 7.96. The second kappa shape index (κ2) is 4.58. The molecule has 94 valence electrons. The third kappa shape index (κ3) is 3.13. The lowest BCUT2D eigenvalue weighted by Gasteiger charge is -2.22. The van der Waals surface area contributed by atoms with E-state index in [1.54, 1.807) is 17.9 Å². The van der Waals surface area contributed by atoms with Crippen LogP contribution in [-0.4, -0.2) is 48.1 Å². The van der Waals surface area contributed by atoms with Crippen LogP contribution in [0, 0.1) is 0 Å². The first kappa shape index (κ1) is 12.3. The van der Waals surface area contributed by atoms with E-state index in [1.807, 2.05) is 0 Å². The third-order valence-electron chi connectivity index (χ3n) is 2.76. The Morgan fingerprint density at radius 3 is 3.00 bits per heavy atom. The van der Waals surface area contributed by atoms with Crippen molar-refractivity contribution in [1.82, 2.24) is 15.1 Å². The summed E-state index contributed by atoms with van der Waals surface area (Å²) in [5.74, 6) is 0.122. The van der Waals surface area contributed by atoms with E-state index < -0.39 is 9.84 Å². The van der Waals surface area contributed by atoms with Crippen molar-refractivity contribution in [2.75, 3.05) is 18.1 Å². The van der Waals surface area contributed by atoms with E-state index in [2.05, 4.69) is 10.4 Å². The van der Waals surface area contributed by atoms with Gasteiger partial charge >= 0.3 is 0 Å². The van der Waals surface area contributed by atoms with Crippen molar-refractivity contribution in [2.45, 2.75) is 12.5 Å². The fraction of sp³-hybridized carbons (Fsp3) is 0.600. The van der Waals surface area contributed by atoms with Crippen molar-refractivity contribution in [3.8, 4) is 0 Å². The van der Waals surface area contributed by atoms with Gasteiger partial charge in [0.05, 0.1) is 23.3 Å².